The number of aromatic nitrogens is 1. The molecule has 80 heavy (non-hydrogen) atoms. The van der Waals surface area contributed by atoms with Gasteiger partial charge in [0.05, 0.1) is 16.9 Å². The predicted octanol–water partition coefficient (Wildman–Crippen LogP) is 17.9. The standard InChI is InChI=1S/C75H75BN4/c1-48-37-68-70-69(38-48)79(64-32-28-56(72(5,6)7)43-59(64)50-23-16-13-17-24-50)67-41-54-46-73(8,9)45-53(54)40-61(67)76(70)62-44-57(29-33-66(62)78(68)63-31-27-55(71(2,3)4)42-58(63)49-21-14-12-15-22-49)80-65-30-26-51(52-25-20-36-77-47-52)39-60(65)74(10)34-18-19-35-75(74,80)11/h12-17,20-33,36-44,47H,18-19,34-35,45-46H2,1-11H3. The summed E-state index contributed by atoms with van der Waals surface area (Å²) in [7, 11) is 0. The Balaban J connectivity index is 1.08. The molecule has 0 bridgehead atoms. The minimum atomic E-state index is -0.145. The van der Waals surface area contributed by atoms with Gasteiger partial charge >= 0.3 is 0 Å². The van der Waals surface area contributed by atoms with Gasteiger partial charge < -0.3 is 14.7 Å². The van der Waals surface area contributed by atoms with E-state index >= 15 is 0 Å². The number of hydrogen-bond donors (Lipinski definition) is 0. The summed E-state index contributed by atoms with van der Waals surface area (Å²) in [5.41, 5.74) is 29.7. The monoisotopic (exact) mass is 1040 g/mol. The fourth-order valence-electron chi connectivity index (χ4n) is 15.3. The van der Waals surface area contributed by atoms with Crippen molar-refractivity contribution >= 4 is 68.6 Å². The average molecular weight is 1040 g/mol. The van der Waals surface area contributed by atoms with E-state index in [1.165, 1.54) is 141 Å². The van der Waals surface area contributed by atoms with Crippen molar-refractivity contribution in [2.75, 3.05) is 14.7 Å². The van der Waals surface area contributed by atoms with Gasteiger partial charge in [-0.3, -0.25) is 4.98 Å². The smallest absolute Gasteiger partial charge is 0.252 e. The number of nitrogens with zero attached hydrogens (tertiary/aromatic N) is 4. The molecule has 0 N–H and O–H groups in total. The van der Waals surface area contributed by atoms with Gasteiger partial charge in [-0.1, -0.05) is 166 Å². The predicted molar refractivity (Wildman–Crippen MR) is 341 cm³/mol. The topological polar surface area (TPSA) is 22.6 Å². The average Bonchev–Trinajstić information content (AvgIpc) is 4.04. The van der Waals surface area contributed by atoms with E-state index in [0.717, 1.165) is 25.7 Å². The second kappa shape index (κ2) is 17.9. The van der Waals surface area contributed by atoms with E-state index in [2.05, 4.69) is 266 Å². The molecule has 9 aromatic rings. The van der Waals surface area contributed by atoms with Crippen molar-refractivity contribution in [3.05, 3.63) is 216 Å². The molecule has 2 atom stereocenters. The van der Waals surface area contributed by atoms with Gasteiger partial charge in [0.25, 0.3) is 6.71 Å². The summed E-state index contributed by atoms with van der Waals surface area (Å²) >= 11 is 0. The van der Waals surface area contributed by atoms with Crippen LogP contribution in [0.4, 0.5) is 45.5 Å². The zero-order chi connectivity index (χ0) is 55.3. The van der Waals surface area contributed by atoms with E-state index in [-0.39, 0.29) is 33.9 Å². The Hall–Kier alpha value is -7.63. The van der Waals surface area contributed by atoms with E-state index in [1.807, 2.05) is 12.4 Å². The maximum atomic E-state index is 4.56. The van der Waals surface area contributed by atoms with Gasteiger partial charge in [-0.2, -0.15) is 0 Å². The van der Waals surface area contributed by atoms with Gasteiger partial charge in [0.15, 0.2) is 0 Å². The van der Waals surface area contributed by atoms with Gasteiger partial charge in [-0.05, 0) is 207 Å². The van der Waals surface area contributed by atoms with Gasteiger partial charge in [0.2, 0.25) is 0 Å². The number of aryl methyl sites for hydroxylation is 1. The molecule has 5 aliphatic rings. The van der Waals surface area contributed by atoms with Gasteiger partial charge in [0.1, 0.15) is 0 Å². The Kier molecular flexibility index (Phi) is 11.3. The maximum absolute atomic E-state index is 4.56. The third kappa shape index (κ3) is 7.80. The number of benzene rings is 8. The number of hydrogen-bond acceptors (Lipinski definition) is 4. The highest BCUT2D eigenvalue weighted by Crippen LogP contribution is 2.62. The van der Waals surface area contributed by atoms with Crippen molar-refractivity contribution in [2.24, 2.45) is 5.41 Å². The van der Waals surface area contributed by atoms with Crippen LogP contribution in [0.25, 0.3) is 33.4 Å². The largest absolute Gasteiger partial charge is 0.334 e. The molecule has 1 aromatic heterocycles. The van der Waals surface area contributed by atoms with Gasteiger partial charge in [-0.15, -0.1) is 0 Å². The second-order valence-corrected chi connectivity index (χ2v) is 27.6. The van der Waals surface area contributed by atoms with Crippen LogP contribution in [0.3, 0.4) is 0 Å². The molecule has 5 heteroatoms. The molecule has 3 aliphatic heterocycles. The Bertz CT molecular complexity index is 3960. The quantitative estimate of drug-likeness (QED) is 0.155. The zero-order valence-corrected chi connectivity index (χ0v) is 48.9. The summed E-state index contributed by atoms with van der Waals surface area (Å²) in [6, 6.07) is 66.4. The van der Waals surface area contributed by atoms with Crippen molar-refractivity contribution in [1.29, 1.82) is 0 Å². The van der Waals surface area contributed by atoms with Crippen LogP contribution < -0.4 is 31.1 Å². The Morgan fingerprint density at radius 2 is 1.02 bits per heavy atom. The molecular weight excluding hydrogens is 968 g/mol. The van der Waals surface area contributed by atoms with Crippen LogP contribution in [-0.4, -0.2) is 17.2 Å². The third-order valence-electron chi connectivity index (χ3n) is 19.6. The molecule has 4 nitrogen and oxygen atoms in total. The summed E-state index contributed by atoms with van der Waals surface area (Å²) in [4.78, 5) is 12.7. The first-order valence-corrected chi connectivity index (χ1v) is 29.6. The van der Waals surface area contributed by atoms with Crippen LogP contribution in [0.1, 0.15) is 128 Å². The van der Waals surface area contributed by atoms with Gasteiger partial charge in [-0.25, -0.2) is 0 Å². The van der Waals surface area contributed by atoms with Gasteiger partial charge in [0, 0.05) is 63.1 Å². The van der Waals surface area contributed by atoms with Crippen molar-refractivity contribution in [2.45, 2.75) is 136 Å². The number of fused-ring (bicyclic) bond motifs is 8. The van der Waals surface area contributed by atoms with E-state index in [1.54, 1.807) is 0 Å². The summed E-state index contributed by atoms with van der Waals surface area (Å²) in [6.45, 7) is 26.4. The lowest BCUT2D eigenvalue weighted by Crippen LogP contribution is -2.62. The highest BCUT2D eigenvalue weighted by Gasteiger charge is 2.58. The molecule has 1 saturated carbocycles. The van der Waals surface area contributed by atoms with Crippen LogP contribution in [0.5, 0.6) is 0 Å². The van der Waals surface area contributed by atoms with Crippen molar-refractivity contribution in [1.82, 2.24) is 4.98 Å². The fraction of sp³-hybridized carbons (Fsp3) is 0.293. The Labute approximate surface area is 476 Å². The van der Waals surface area contributed by atoms with E-state index in [0.29, 0.717) is 0 Å². The van der Waals surface area contributed by atoms with E-state index < -0.39 is 0 Å². The van der Waals surface area contributed by atoms with Crippen LogP contribution in [0.2, 0.25) is 0 Å². The highest BCUT2D eigenvalue weighted by molar-refractivity contribution is 7.00. The molecule has 4 heterocycles. The molecule has 1 fully saturated rings. The molecule has 0 amide bonds. The molecule has 0 radical (unpaired) electrons. The molecule has 8 aromatic carbocycles. The normalized spacial score (nSPS) is 19.5. The summed E-state index contributed by atoms with van der Waals surface area (Å²) in [5, 5.41) is 0. The molecule has 2 aliphatic carbocycles. The fourth-order valence-corrected chi connectivity index (χ4v) is 15.3. The summed E-state index contributed by atoms with van der Waals surface area (Å²) in [6.07, 6.45) is 10.7. The molecule has 2 unspecified atom stereocenters. The molecule has 398 valence electrons. The van der Waals surface area contributed by atoms with Crippen LogP contribution >= 0.6 is 0 Å². The maximum Gasteiger partial charge on any atom is 0.252 e. The Morgan fingerprint density at radius 1 is 0.475 bits per heavy atom. The van der Waals surface area contributed by atoms with Crippen molar-refractivity contribution < 1.29 is 0 Å². The molecular formula is C75H75BN4. The lowest BCUT2D eigenvalue weighted by molar-refractivity contribution is 0.195. The SMILES string of the molecule is Cc1cc2c3c(c1)N(c1ccc(C(C)(C)C)cc1-c1ccccc1)c1cc4c(cc1B3c1cc(N3c5ccc(-c6cccnc6)cc5C5(C)CCCCC35C)ccc1N2c1ccc(C(C)(C)C)cc1-c1ccccc1)CC(C)(C)C4. The Morgan fingerprint density at radius 3 is 1.62 bits per heavy atom. The number of rotatable bonds is 6. The minimum Gasteiger partial charge on any atom is -0.334 e. The molecule has 0 saturated heterocycles. The van der Waals surface area contributed by atoms with Crippen LogP contribution in [0, 0.1) is 12.3 Å². The highest BCUT2D eigenvalue weighted by atomic mass is 15.3. The second-order valence-electron chi connectivity index (χ2n) is 27.6. The van der Waals surface area contributed by atoms with E-state index in [4.69, 9.17) is 0 Å². The molecule has 14 rings (SSSR count). The number of anilines is 8. The summed E-state index contributed by atoms with van der Waals surface area (Å²) in [5.74, 6) is 0. The first kappa shape index (κ1) is 50.6. The zero-order valence-electron chi connectivity index (χ0n) is 48.9. The van der Waals surface area contributed by atoms with E-state index in [9.17, 15) is 0 Å². The van der Waals surface area contributed by atoms with Crippen LogP contribution in [-0.2, 0) is 29.1 Å². The lowest BCUT2D eigenvalue weighted by Gasteiger charge is -2.50. The lowest BCUT2D eigenvalue weighted by atomic mass is 9.33. The first-order valence-electron chi connectivity index (χ1n) is 29.6. The van der Waals surface area contributed by atoms with Crippen molar-refractivity contribution in [3.63, 3.8) is 0 Å². The summed E-state index contributed by atoms with van der Waals surface area (Å²) < 4.78 is 0. The molecule has 0 spiro atoms. The first-order chi connectivity index (χ1) is 38.3. The van der Waals surface area contributed by atoms with Crippen molar-refractivity contribution in [3.8, 4) is 33.4 Å². The number of pyridine rings is 1. The third-order valence-corrected chi connectivity index (χ3v) is 19.6. The van der Waals surface area contributed by atoms with Crippen LogP contribution in [0.15, 0.2) is 182 Å². The minimum absolute atomic E-state index is 0.0353.